The molecule has 0 aliphatic carbocycles. The second kappa shape index (κ2) is 9.52. The van der Waals surface area contributed by atoms with Crippen LogP contribution in [-0.2, 0) is 16.0 Å². The fourth-order valence-corrected chi connectivity index (χ4v) is 2.37. The molecule has 0 saturated carbocycles. The summed E-state index contributed by atoms with van der Waals surface area (Å²) in [7, 11) is 1.75. The van der Waals surface area contributed by atoms with E-state index in [2.05, 4.69) is 20.6 Å². The van der Waals surface area contributed by atoms with Gasteiger partial charge in [-0.15, -0.1) is 0 Å². The SMILES string of the molecule is CN=C(NCCCOCC1CCCO1)NCc1nc(C)c(C)o1. The van der Waals surface area contributed by atoms with Crippen molar-refractivity contribution in [2.75, 3.05) is 33.4 Å². The number of nitrogens with one attached hydrogen (secondary N) is 2. The highest BCUT2D eigenvalue weighted by atomic mass is 16.5. The van der Waals surface area contributed by atoms with Crippen LogP contribution >= 0.6 is 0 Å². The van der Waals surface area contributed by atoms with Crippen molar-refractivity contribution in [1.29, 1.82) is 0 Å². The monoisotopic (exact) mass is 324 g/mol. The maximum atomic E-state index is 5.63. The van der Waals surface area contributed by atoms with Gasteiger partial charge in [0.1, 0.15) is 5.76 Å². The Kier molecular flexibility index (Phi) is 7.35. The lowest BCUT2D eigenvalue weighted by Gasteiger charge is -2.12. The van der Waals surface area contributed by atoms with Gasteiger partial charge in [0.2, 0.25) is 5.89 Å². The van der Waals surface area contributed by atoms with Crippen LogP contribution in [0, 0.1) is 13.8 Å². The van der Waals surface area contributed by atoms with Crippen LogP contribution in [0.1, 0.15) is 36.6 Å². The van der Waals surface area contributed by atoms with Crippen LogP contribution in [0.4, 0.5) is 0 Å². The van der Waals surface area contributed by atoms with Crippen LogP contribution < -0.4 is 10.6 Å². The van der Waals surface area contributed by atoms with E-state index in [0.29, 0.717) is 25.1 Å². The van der Waals surface area contributed by atoms with Gasteiger partial charge in [-0.1, -0.05) is 0 Å². The highest BCUT2D eigenvalue weighted by Crippen LogP contribution is 2.11. The lowest BCUT2D eigenvalue weighted by Crippen LogP contribution is -2.37. The average molecular weight is 324 g/mol. The molecule has 7 heteroatoms. The summed E-state index contributed by atoms with van der Waals surface area (Å²) in [6.45, 7) is 7.47. The molecule has 1 aliphatic rings. The van der Waals surface area contributed by atoms with Crippen LogP contribution in [0.15, 0.2) is 9.41 Å². The van der Waals surface area contributed by atoms with Crippen molar-refractivity contribution in [2.24, 2.45) is 4.99 Å². The molecule has 0 aromatic carbocycles. The molecule has 1 fully saturated rings. The fraction of sp³-hybridized carbons (Fsp3) is 0.750. The molecule has 1 aromatic heterocycles. The molecule has 2 N–H and O–H groups in total. The van der Waals surface area contributed by atoms with Crippen molar-refractivity contribution < 1.29 is 13.9 Å². The summed E-state index contributed by atoms with van der Waals surface area (Å²) in [4.78, 5) is 8.51. The fourth-order valence-electron chi connectivity index (χ4n) is 2.37. The highest BCUT2D eigenvalue weighted by Gasteiger charge is 2.14. The van der Waals surface area contributed by atoms with Gasteiger partial charge in [-0.25, -0.2) is 4.98 Å². The van der Waals surface area contributed by atoms with Crippen LogP contribution in [0.3, 0.4) is 0 Å². The average Bonchev–Trinajstić information content (AvgIpc) is 3.16. The van der Waals surface area contributed by atoms with Crippen LogP contribution in [-0.4, -0.2) is 50.5 Å². The van der Waals surface area contributed by atoms with E-state index in [1.165, 1.54) is 0 Å². The summed E-state index contributed by atoms with van der Waals surface area (Å²) >= 11 is 0. The molecule has 1 saturated heterocycles. The van der Waals surface area contributed by atoms with Gasteiger partial charge in [0, 0.05) is 26.8 Å². The molecule has 2 heterocycles. The summed E-state index contributed by atoms with van der Waals surface area (Å²) in [5, 5.41) is 6.43. The van der Waals surface area contributed by atoms with E-state index in [0.717, 1.165) is 56.4 Å². The Morgan fingerprint density at radius 3 is 2.91 bits per heavy atom. The molecule has 0 bridgehead atoms. The minimum absolute atomic E-state index is 0.296. The molecule has 1 aliphatic heterocycles. The van der Waals surface area contributed by atoms with Crippen molar-refractivity contribution in [3.8, 4) is 0 Å². The van der Waals surface area contributed by atoms with Gasteiger partial charge in [0.05, 0.1) is 24.9 Å². The summed E-state index contributed by atoms with van der Waals surface area (Å²) in [5.41, 5.74) is 0.924. The number of rotatable bonds is 8. The normalized spacial score (nSPS) is 18.4. The molecule has 2 rings (SSSR count). The van der Waals surface area contributed by atoms with E-state index >= 15 is 0 Å². The molecule has 1 atom stereocenters. The number of aryl methyl sites for hydroxylation is 2. The Labute approximate surface area is 137 Å². The van der Waals surface area contributed by atoms with Crippen LogP contribution in [0.5, 0.6) is 0 Å². The summed E-state index contributed by atoms with van der Waals surface area (Å²) < 4.78 is 16.7. The first kappa shape index (κ1) is 17.7. The van der Waals surface area contributed by atoms with Crippen LogP contribution in [0.2, 0.25) is 0 Å². The van der Waals surface area contributed by atoms with Crippen molar-refractivity contribution in [1.82, 2.24) is 15.6 Å². The van der Waals surface area contributed by atoms with Crippen molar-refractivity contribution in [2.45, 2.75) is 45.8 Å². The number of aromatic nitrogens is 1. The number of aliphatic imine (C=N–C) groups is 1. The molecule has 0 spiro atoms. The standard InChI is InChI=1S/C16H28N4O3/c1-12-13(2)23-15(20-12)10-19-16(17-3)18-7-5-8-21-11-14-6-4-9-22-14/h14H,4-11H2,1-3H3,(H2,17,18,19). The van der Waals surface area contributed by atoms with Crippen molar-refractivity contribution in [3.05, 3.63) is 17.3 Å². The summed E-state index contributed by atoms with van der Waals surface area (Å²) in [6, 6.07) is 0. The maximum Gasteiger partial charge on any atom is 0.214 e. The van der Waals surface area contributed by atoms with E-state index < -0.39 is 0 Å². The van der Waals surface area contributed by atoms with Crippen LogP contribution in [0.25, 0.3) is 0 Å². The van der Waals surface area contributed by atoms with Crippen molar-refractivity contribution >= 4 is 5.96 Å². The van der Waals surface area contributed by atoms with E-state index in [4.69, 9.17) is 13.9 Å². The zero-order chi connectivity index (χ0) is 16.5. The van der Waals surface area contributed by atoms with E-state index in [-0.39, 0.29) is 0 Å². The molecular weight excluding hydrogens is 296 g/mol. The molecule has 1 aromatic rings. The third kappa shape index (κ3) is 6.19. The third-order valence-electron chi connectivity index (χ3n) is 3.79. The number of hydrogen-bond donors (Lipinski definition) is 2. The van der Waals surface area contributed by atoms with Gasteiger partial charge >= 0.3 is 0 Å². The minimum Gasteiger partial charge on any atom is -0.444 e. The van der Waals surface area contributed by atoms with Gasteiger partial charge in [-0.2, -0.15) is 0 Å². The topological polar surface area (TPSA) is 80.9 Å². The largest absolute Gasteiger partial charge is 0.444 e. The molecule has 0 radical (unpaired) electrons. The molecule has 7 nitrogen and oxygen atoms in total. The minimum atomic E-state index is 0.296. The van der Waals surface area contributed by atoms with E-state index in [9.17, 15) is 0 Å². The number of hydrogen-bond acceptors (Lipinski definition) is 5. The van der Waals surface area contributed by atoms with Gasteiger partial charge in [-0.05, 0) is 33.1 Å². The first-order chi connectivity index (χ1) is 11.2. The Hall–Kier alpha value is -1.60. The zero-order valence-corrected chi connectivity index (χ0v) is 14.4. The summed E-state index contributed by atoms with van der Waals surface area (Å²) in [6.07, 6.45) is 3.49. The smallest absolute Gasteiger partial charge is 0.214 e. The predicted molar refractivity (Wildman–Crippen MR) is 88.6 cm³/mol. The van der Waals surface area contributed by atoms with Crippen molar-refractivity contribution in [3.63, 3.8) is 0 Å². The number of guanidine groups is 1. The second-order valence-corrected chi connectivity index (χ2v) is 5.67. The molecule has 0 amide bonds. The van der Waals surface area contributed by atoms with Gasteiger partial charge in [0.15, 0.2) is 5.96 Å². The Morgan fingerprint density at radius 1 is 1.39 bits per heavy atom. The maximum absolute atomic E-state index is 5.63. The number of oxazole rings is 1. The number of ether oxygens (including phenoxy) is 2. The molecule has 1 unspecified atom stereocenters. The zero-order valence-electron chi connectivity index (χ0n) is 14.4. The van der Waals surface area contributed by atoms with Gasteiger partial charge in [-0.3, -0.25) is 4.99 Å². The lowest BCUT2D eigenvalue weighted by molar-refractivity contribution is 0.0168. The van der Waals surface area contributed by atoms with Gasteiger partial charge < -0.3 is 24.5 Å². The summed E-state index contributed by atoms with van der Waals surface area (Å²) in [5.74, 6) is 2.26. The molecular formula is C16H28N4O3. The van der Waals surface area contributed by atoms with Gasteiger partial charge in [0.25, 0.3) is 0 Å². The second-order valence-electron chi connectivity index (χ2n) is 5.67. The quantitative estimate of drug-likeness (QED) is 0.429. The van der Waals surface area contributed by atoms with E-state index in [1.807, 2.05) is 13.8 Å². The first-order valence-electron chi connectivity index (χ1n) is 8.26. The molecule has 23 heavy (non-hydrogen) atoms. The lowest BCUT2D eigenvalue weighted by atomic mass is 10.2. The third-order valence-corrected chi connectivity index (χ3v) is 3.79. The Balaban J connectivity index is 1.54. The number of nitrogens with zero attached hydrogens (tertiary/aromatic N) is 2. The highest BCUT2D eigenvalue weighted by molar-refractivity contribution is 5.79. The molecule has 130 valence electrons. The first-order valence-corrected chi connectivity index (χ1v) is 8.26. The Bertz CT molecular complexity index is 476. The van der Waals surface area contributed by atoms with E-state index in [1.54, 1.807) is 7.05 Å². The Morgan fingerprint density at radius 2 is 2.26 bits per heavy atom. The predicted octanol–water partition coefficient (Wildman–Crippen LogP) is 1.54.